The summed E-state index contributed by atoms with van der Waals surface area (Å²) in [4.78, 5) is 0. The van der Waals surface area contributed by atoms with E-state index in [9.17, 15) is 0 Å². The van der Waals surface area contributed by atoms with Crippen LogP contribution in [0.4, 0.5) is 0 Å². The second-order valence-electron chi connectivity index (χ2n) is 3.86. The fraction of sp³-hybridized carbons (Fsp3) is 0.364. The molecular formula is C11H12N2OS. The van der Waals surface area contributed by atoms with Crippen molar-refractivity contribution in [1.82, 2.24) is 9.69 Å². The van der Waals surface area contributed by atoms with E-state index < -0.39 is 0 Å². The number of aromatic nitrogens is 1. The largest absolute Gasteiger partial charge is 0.493 e. The number of nitrogens with one attached hydrogen (secondary N) is 1. The summed E-state index contributed by atoms with van der Waals surface area (Å²) in [7, 11) is 0. The topological polar surface area (TPSA) is 34.1 Å². The maximum atomic E-state index is 5.73. The molecule has 4 heteroatoms. The van der Waals surface area contributed by atoms with Crippen molar-refractivity contribution in [2.24, 2.45) is 5.92 Å². The van der Waals surface area contributed by atoms with Crippen LogP contribution in [0, 0.1) is 5.92 Å². The van der Waals surface area contributed by atoms with Crippen molar-refractivity contribution in [3.63, 3.8) is 0 Å². The van der Waals surface area contributed by atoms with Gasteiger partial charge in [0.05, 0.1) is 11.3 Å². The van der Waals surface area contributed by atoms with E-state index in [0.717, 1.165) is 25.4 Å². The number of fused-ring (bicyclic) bond motifs is 1. The Hall–Kier alpha value is -1.13. The van der Waals surface area contributed by atoms with Gasteiger partial charge in [-0.3, -0.25) is 0 Å². The molecule has 1 aliphatic heterocycles. The molecule has 0 amide bonds. The Kier molecular flexibility index (Phi) is 2.31. The van der Waals surface area contributed by atoms with E-state index >= 15 is 0 Å². The normalized spacial score (nSPS) is 16.5. The molecule has 78 valence electrons. The summed E-state index contributed by atoms with van der Waals surface area (Å²) < 4.78 is 11.1. The predicted octanol–water partition coefficient (Wildman–Crippen LogP) is 1.89. The number of benzene rings is 1. The molecule has 1 saturated heterocycles. The highest BCUT2D eigenvalue weighted by atomic mass is 32.1. The lowest BCUT2D eigenvalue weighted by atomic mass is 10.1. The average molecular weight is 220 g/mol. The van der Waals surface area contributed by atoms with Gasteiger partial charge in [-0.05, 0) is 29.7 Å². The van der Waals surface area contributed by atoms with Gasteiger partial charge in [0, 0.05) is 30.6 Å². The lowest BCUT2D eigenvalue weighted by Gasteiger charge is -2.26. The first kappa shape index (κ1) is 9.12. The Balaban J connectivity index is 1.72. The van der Waals surface area contributed by atoms with Gasteiger partial charge in [-0.15, -0.1) is 0 Å². The van der Waals surface area contributed by atoms with E-state index in [4.69, 9.17) is 4.74 Å². The van der Waals surface area contributed by atoms with Gasteiger partial charge in [-0.2, -0.15) is 4.37 Å². The maximum Gasteiger partial charge on any atom is 0.120 e. The fourth-order valence-corrected chi connectivity index (χ4v) is 2.29. The summed E-state index contributed by atoms with van der Waals surface area (Å²) in [6, 6.07) is 6.15. The first-order valence-corrected chi connectivity index (χ1v) is 5.87. The minimum absolute atomic E-state index is 0.683. The van der Waals surface area contributed by atoms with Gasteiger partial charge in [0.25, 0.3) is 0 Å². The second-order valence-corrected chi connectivity index (χ2v) is 4.69. The zero-order chi connectivity index (χ0) is 10.1. The second kappa shape index (κ2) is 3.79. The molecule has 15 heavy (non-hydrogen) atoms. The average Bonchev–Trinajstić information content (AvgIpc) is 2.62. The molecule has 1 fully saturated rings. The van der Waals surface area contributed by atoms with Crippen molar-refractivity contribution >= 4 is 21.6 Å². The summed E-state index contributed by atoms with van der Waals surface area (Å²) in [5.74, 6) is 1.64. The molecule has 1 aliphatic rings. The predicted molar refractivity (Wildman–Crippen MR) is 61.5 cm³/mol. The zero-order valence-electron chi connectivity index (χ0n) is 8.27. The van der Waals surface area contributed by atoms with Gasteiger partial charge in [0.1, 0.15) is 5.75 Å². The van der Waals surface area contributed by atoms with Crippen molar-refractivity contribution in [2.75, 3.05) is 19.7 Å². The highest BCUT2D eigenvalue weighted by Crippen LogP contribution is 2.24. The summed E-state index contributed by atoms with van der Waals surface area (Å²) in [5, 5.41) is 4.43. The molecule has 1 aromatic carbocycles. The quantitative estimate of drug-likeness (QED) is 0.857. The van der Waals surface area contributed by atoms with Crippen molar-refractivity contribution in [3.05, 3.63) is 24.4 Å². The van der Waals surface area contributed by atoms with Crippen molar-refractivity contribution in [2.45, 2.75) is 0 Å². The number of rotatable bonds is 3. The summed E-state index contributed by atoms with van der Waals surface area (Å²) in [5.41, 5.74) is 0. The Labute approximate surface area is 92.2 Å². The van der Waals surface area contributed by atoms with E-state index in [1.165, 1.54) is 21.6 Å². The van der Waals surface area contributed by atoms with Gasteiger partial charge in [-0.1, -0.05) is 0 Å². The minimum Gasteiger partial charge on any atom is -0.493 e. The maximum absolute atomic E-state index is 5.73. The Morgan fingerprint density at radius 2 is 2.40 bits per heavy atom. The lowest BCUT2D eigenvalue weighted by molar-refractivity contribution is 0.199. The Bertz CT molecular complexity index is 464. The molecule has 0 radical (unpaired) electrons. The van der Waals surface area contributed by atoms with Crippen LogP contribution >= 0.6 is 11.5 Å². The first-order chi connectivity index (χ1) is 7.42. The van der Waals surface area contributed by atoms with Crippen LogP contribution in [0.15, 0.2) is 24.4 Å². The Morgan fingerprint density at radius 3 is 3.20 bits per heavy atom. The number of ether oxygens (including phenoxy) is 1. The highest BCUT2D eigenvalue weighted by Gasteiger charge is 2.17. The summed E-state index contributed by atoms with van der Waals surface area (Å²) in [6.45, 7) is 2.99. The van der Waals surface area contributed by atoms with E-state index in [1.54, 1.807) is 0 Å². The van der Waals surface area contributed by atoms with Gasteiger partial charge in [0.2, 0.25) is 0 Å². The van der Waals surface area contributed by atoms with Crippen LogP contribution in [0.5, 0.6) is 5.75 Å². The molecule has 0 aliphatic carbocycles. The number of hydrogen-bond donors (Lipinski definition) is 1. The molecule has 2 aromatic rings. The van der Waals surface area contributed by atoms with Crippen LogP contribution in [0.2, 0.25) is 0 Å². The van der Waals surface area contributed by atoms with Crippen molar-refractivity contribution in [3.8, 4) is 5.75 Å². The molecule has 1 N–H and O–H groups in total. The minimum atomic E-state index is 0.683. The molecule has 0 spiro atoms. The molecular weight excluding hydrogens is 208 g/mol. The zero-order valence-corrected chi connectivity index (χ0v) is 9.09. The summed E-state index contributed by atoms with van der Waals surface area (Å²) in [6.07, 6.45) is 1.89. The van der Waals surface area contributed by atoms with Gasteiger partial charge < -0.3 is 10.1 Å². The molecule has 0 bridgehead atoms. The van der Waals surface area contributed by atoms with E-state index in [0.29, 0.717) is 5.92 Å². The molecule has 1 aromatic heterocycles. The molecule has 0 unspecified atom stereocenters. The van der Waals surface area contributed by atoms with Crippen molar-refractivity contribution < 1.29 is 4.74 Å². The van der Waals surface area contributed by atoms with Gasteiger partial charge in [-0.25, -0.2) is 0 Å². The van der Waals surface area contributed by atoms with E-state index in [-0.39, 0.29) is 0 Å². The standard InChI is InChI=1S/C11H12N2OS/c1-2-10(14-7-8-4-12-5-8)3-11-9(1)6-13-15-11/h1-3,6,8,12H,4-5,7H2. The monoisotopic (exact) mass is 220 g/mol. The third-order valence-corrected chi connectivity index (χ3v) is 3.44. The number of nitrogens with zero attached hydrogens (tertiary/aromatic N) is 1. The van der Waals surface area contributed by atoms with Gasteiger partial charge in [0.15, 0.2) is 0 Å². The first-order valence-electron chi connectivity index (χ1n) is 5.10. The van der Waals surface area contributed by atoms with E-state index in [2.05, 4.69) is 21.8 Å². The fourth-order valence-electron chi connectivity index (χ4n) is 1.61. The molecule has 2 heterocycles. The third-order valence-electron chi connectivity index (χ3n) is 2.68. The van der Waals surface area contributed by atoms with Crippen LogP contribution < -0.4 is 10.1 Å². The molecule has 3 rings (SSSR count). The smallest absolute Gasteiger partial charge is 0.120 e. The van der Waals surface area contributed by atoms with Crippen LogP contribution in [0.1, 0.15) is 0 Å². The third kappa shape index (κ3) is 1.82. The Morgan fingerprint density at radius 1 is 1.47 bits per heavy atom. The van der Waals surface area contributed by atoms with Crippen LogP contribution in [-0.4, -0.2) is 24.1 Å². The molecule has 3 nitrogen and oxygen atoms in total. The van der Waals surface area contributed by atoms with Crippen LogP contribution in [0.3, 0.4) is 0 Å². The van der Waals surface area contributed by atoms with E-state index in [1.807, 2.05) is 12.3 Å². The van der Waals surface area contributed by atoms with Crippen LogP contribution in [0.25, 0.3) is 10.1 Å². The highest BCUT2D eigenvalue weighted by molar-refractivity contribution is 7.13. The van der Waals surface area contributed by atoms with Gasteiger partial charge >= 0.3 is 0 Å². The SMILES string of the molecule is c1cc2cnsc2cc1OCC1CNC1. The lowest BCUT2D eigenvalue weighted by Crippen LogP contribution is -2.45. The molecule has 0 atom stereocenters. The summed E-state index contributed by atoms with van der Waals surface area (Å²) >= 11 is 1.51. The van der Waals surface area contributed by atoms with Crippen molar-refractivity contribution in [1.29, 1.82) is 0 Å². The number of hydrogen-bond acceptors (Lipinski definition) is 4. The van der Waals surface area contributed by atoms with Crippen LogP contribution in [-0.2, 0) is 0 Å². The molecule has 0 saturated carbocycles.